The van der Waals surface area contributed by atoms with Gasteiger partial charge in [-0.25, -0.2) is 0 Å². The van der Waals surface area contributed by atoms with Gasteiger partial charge in [-0.15, -0.1) is 0 Å². The number of aromatic nitrogens is 3. The molecule has 1 unspecified atom stereocenters. The highest BCUT2D eigenvalue weighted by molar-refractivity contribution is 7.59. The largest absolute Gasteiger partial charge is 0.416 e. The van der Waals surface area contributed by atoms with Crippen LogP contribution in [-0.4, -0.2) is 21.7 Å². The van der Waals surface area contributed by atoms with E-state index in [0.717, 1.165) is 24.3 Å². The molecular formula is C18H15ClF5N4O3P. The highest BCUT2D eigenvalue weighted by Gasteiger charge is 2.36. The Morgan fingerprint density at radius 3 is 2.31 bits per heavy atom. The van der Waals surface area contributed by atoms with Crippen LogP contribution in [-0.2, 0) is 26.8 Å². The Morgan fingerprint density at radius 2 is 1.81 bits per heavy atom. The zero-order chi connectivity index (χ0) is 23.6. The van der Waals surface area contributed by atoms with E-state index < -0.39 is 30.5 Å². The van der Waals surface area contributed by atoms with Gasteiger partial charge in [-0.1, -0.05) is 5.16 Å². The van der Waals surface area contributed by atoms with Gasteiger partial charge in [0.15, 0.2) is 0 Å². The minimum atomic E-state index is -4.49. The number of halogens is 6. The summed E-state index contributed by atoms with van der Waals surface area (Å²) < 4.78 is 87.1. The third kappa shape index (κ3) is 6.02. The first-order valence-electron chi connectivity index (χ1n) is 8.95. The SMILES string of the molecule is CCOP(=O)(Cc1ccc(-c2noc(C(F)(F)Cl)n2)cn1)Nc1ccc(C(F)(F)F)cc1. The van der Waals surface area contributed by atoms with Crippen molar-refractivity contribution in [2.75, 3.05) is 11.7 Å². The fraction of sp³-hybridized carbons (Fsp3) is 0.278. The standard InChI is InChI=1S/C18H15ClF5N4O3P/c1-2-30-32(29,28-13-7-4-12(5-8-13)18(22,23)24)10-14-6-3-11(9-25-14)15-26-16(31-27-15)17(19,20)21/h3-9H,2,10H2,1H3,(H,28,29). The number of nitrogens with one attached hydrogen (secondary N) is 1. The van der Waals surface area contributed by atoms with E-state index in [1.807, 2.05) is 0 Å². The molecular weight excluding hydrogens is 482 g/mol. The quantitative estimate of drug-likeness (QED) is 0.223. The second kappa shape index (κ2) is 9.13. The lowest BCUT2D eigenvalue weighted by Crippen LogP contribution is -2.07. The second-order valence-electron chi connectivity index (χ2n) is 6.40. The van der Waals surface area contributed by atoms with Crippen LogP contribution in [0.4, 0.5) is 27.6 Å². The van der Waals surface area contributed by atoms with E-state index in [0.29, 0.717) is 5.69 Å². The molecule has 0 fully saturated rings. The minimum Gasteiger partial charge on any atom is -0.331 e. The summed E-state index contributed by atoms with van der Waals surface area (Å²) in [4.78, 5) is 7.59. The Bertz CT molecular complexity index is 1100. The Hall–Kier alpha value is -2.56. The molecule has 0 aliphatic heterocycles. The third-order valence-corrected chi connectivity index (χ3v) is 6.15. The molecule has 172 valence electrons. The van der Waals surface area contributed by atoms with Crippen molar-refractivity contribution in [2.45, 2.75) is 24.6 Å². The maximum atomic E-state index is 13.2. The first-order valence-corrected chi connectivity index (χ1v) is 11.1. The first kappa shape index (κ1) is 24.1. The molecule has 2 aromatic heterocycles. The average molecular weight is 497 g/mol. The van der Waals surface area contributed by atoms with Gasteiger partial charge in [0.25, 0.3) is 7.52 Å². The van der Waals surface area contributed by atoms with Crippen LogP contribution in [0.2, 0.25) is 0 Å². The lowest BCUT2D eigenvalue weighted by atomic mass is 10.2. The van der Waals surface area contributed by atoms with Gasteiger partial charge < -0.3 is 14.1 Å². The van der Waals surface area contributed by atoms with Crippen LogP contribution in [0.1, 0.15) is 24.1 Å². The van der Waals surface area contributed by atoms with Gasteiger partial charge in [0.2, 0.25) is 5.82 Å². The molecule has 32 heavy (non-hydrogen) atoms. The first-order chi connectivity index (χ1) is 14.9. The summed E-state index contributed by atoms with van der Waals surface area (Å²) in [7, 11) is -3.58. The molecule has 14 heteroatoms. The van der Waals surface area contributed by atoms with E-state index in [4.69, 9.17) is 16.1 Å². The highest BCUT2D eigenvalue weighted by atomic mass is 35.5. The van der Waals surface area contributed by atoms with Gasteiger partial charge in [-0.05, 0) is 54.9 Å². The molecule has 3 rings (SSSR count). The summed E-state index contributed by atoms with van der Waals surface area (Å²) in [6.45, 7) is 1.68. The molecule has 2 heterocycles. The molecule has 0 bridgehead atoms. The van der Waals surface area contributed by atoms with Crippen LogP contribution in [0.25, 0.3) is 11.4 Å². The molecule has 1 N–H and O–H groups in total. The number of benzene rings is 1. The number of nitrogens with zero attached hydrogens (tertiary/aromatic N) is 3. The van der Waals surface area contributed by atoms with Crippen molar-refractivity contribution in [2.24, 2.45) is 0 Å². The van der Waals surface area contributed by atoms with Gasteiger partial charge in [0.1, 0.15) is 0 Å². The molecule has 0 radical (unpaired) electrons. The van der Waals surface area contributed by atoms with E-state index in [-0.39, 0.29) is 29.8 Å². The summed E-state index contributed by atoms with van der Waals surface area (Å²) in [6.07, 6.45) is -3.43. The number of hydrogen-bond acceptors (Lipinski definition) is 6. The van der Waals surface area contributed by atoms with Crippen LogP contribution >= 0.6 is 19.1 Å². The van der Waals surface area contributed by atoms with E-state index in [9.17, 15) is 26.5 Å². The number of hydrogen-bond donors (Lipinski definition) is 1. The van der Waals surface area contributed by atoms with E-state index >= 15 is 0 Å². The van der Waals surface area contributed by atoms with Crippen LogP contribution in [0, 0.1) is 0 Å². The summed E-state index contributed by atoms with van der Waals surface area (Å²) >= 11 is 4.83. The van der Waals surface area contributed by atoms with Crippen LogP contribution in [0.15, 0.2) is 47.1 Å². The van der Waals surface area contributed by atoms with E-state index in [1.54, 1.807) is 6.92 Å². The zero-order valence-electron chi connectivity index (χ0n) is 16.2. The van der Waals surface area contributed by atoms with Crippen molar-refractivity contribution in [3.05, 3.63) is 59.7 Å². The predicted molar refractivity (Wildman–Crippen MR) is 105 cm³/mol. The van der Waals surface area contributed by atoms with Gasteiger partial charge in [0, 0.05) is 17.4 Å². The maximum Gasteiger partial charge on any atom is 0.416 e. The summed E-state index contributed by atoms with van der Waals surface area (Å²) in [5, 5.41) is 2.23. The minimum absolute atomic E-state index is 0.0707. The van der Waals surface area contributed by atoms with Crippen molar-refractivity contribution in [1.29, 1.82) is 0 Å². The predicted octanol–water partition coefficient (Wildman–Crippen LogP) is 6.28. The lowest BCUT2D eigenvalue weighted by Gasteiger charge is -2.20. The second-order valence-corrected chi connectivity index (χ2v) is 9.01. The molecule has 0 aliphatic carbocycles. The number of anilines is 1. The van der Waals surface area contributed by atoms with E-state index in [1.165, 1.54) is 18.3 Å². The normalized spacial score (nSPS) is 14.2. The number of rotatable bonds is 8. The molecule has 1 atom stereocenters. The van der Waals surface area contributed by atoms with Crippen molar-refractivity contribution in [3.63, 3.8) is 0 Å². The molecule has 0 amide bonds. The molecule has 0 spiro atoms. The molecule has 1 aromatic carbocycles. The van der Waals surface area contributed by atoms with Gasteiger partial charge in [-0.3, -0.25) is 9.55 Å². The Balaban J connectivity index is 1.75. The van der Waals surface area contributed by atoms with Crippen LogP contribution < -0.4 is 5.09 Å². The molecule has 0 saturated carbocycles. The molecule has 3 aromatic rings. The Morgan fingerprint density at radius 1 is 1.12 bits per heavy atom. The average Bonchev–Trinajstić information content (AvgIpc) is 3.19. The summed E-state index contributed by atoms with van der Waals surface area (Å²) in [6, 6.07) is 6.89. The topological polar surface area (TPSA) is 90.1 Å². The third-order valence-electron chi connectivity index (χ3n) is 3.97. The van der Waals surface area contributed by atoms with Gasteiger partial charge in [0.05, 0.1) is 24.0 Å². The van der Waals surface area contributed by atoms with Crippen molar-refractivity contribution < 1.29 is 35.6 Å². The van der Waals surface area contributed by atoms with Crippen molar-refractivity contribution >= 4 is 24.8 Å². The Labute approximate surface area is 183 Å². The highest BCUT2D eigenvalue weighted by Crippen LogP contribution is 2.49. The Kier molecular flexibility index (Phi) is 6.87. The smallest absolute Gasteiger partial charge is 0.331 e. The van der Waals surface area contributed by atoms with Crippen molar-refractivity contribution in [1.82, 2.24) is 15.1 Å². The number of pyridine rings is 1. The van der Waals surface area contributed by atoms with E-state index in [2.05, 4.69) is 24.7 Å². The summed E-state index contributed by atoms with van der Waals surface area (Å²) in [5.74, 6) is -1.24. The fourth-order valence-electron chi connectivity index (χ4n) is 2.58. The maximum absolute atomic E-state index is 13.2. The van der Waals surface area contributed by atoms with Gasteiger partial charge >= 0.3 is 17.4 Å². The van der Waals surface area contributed by atoms with Crippen LogP contribution in [0.3, 0.4) is 0 Å². The fourth-order valence-corrected chi connectivity index (χ4v) is 4.46. The summed E-state index contributed by atoms with van der Waals surface area (Å²) in [5.41, 5.74) is -0.126. The van der Waals surface area contributed by atoms with Crippen LogP contribution in [0.5, 0.6) is 0 Å². The molecule has 7 nitrogen and oxygen atoms in total. The monoisotopic (exact) mass is 496 g/mol. The molecule has 0 saturated heterocycles. The number of alkyl halides is 6. The zero-order valence-corrected chi connectivity index (χ0v) is 17.9. The molecule has 0 aliphatic rings. The van der Waals surface area contributed by atoms with Crippen molar-refractivity contribution in [3.8, 4) is 11.4 Å². The van der Waals surface area contributed by atoms with Gasteiger partial charge in [-0.2, -0.15) is 26.9 Å². The lowest BCUT2D eigenvalue weighted by molar-refractivity contribution is -0.137.